The number of aromatic amines is 1. The van der Waals surface area contributed by atoms with Gasteiger partial charge < -0.3 is 20.1 Å². The van der Waals surface area contributed by atoms with Crippen LogP contribution < -0.4 is 20.1 Å². The van der Waals surface area contributed by atoms with Gasteiger partial charge in [0.15, 0.2) is 11.5 Å². The molecule has 180 valence electrons. The summed E-state index contributed by atoms with van der Waals surface area (Å²) >= 11 is 0. The first-order valence-electron chi connectivity index (χ1n) is 11.2. The van der Waals surface area contributed by atoms with Gasteiger partial charge in [-0.25, -0.2) is 0 Å². The fraction of sp³-hybridized carbons (Fsp3) is 0.222. The highest BCUT2D eigenvalue weighted by molar-refractivity contribution is 6.04. The van der Waals surface area contributed by atoms with Gasteiger partial charge in [0, 0.05) is 34.2 Å². The first kappa shape index (κ1) is 23.8. The highest BCUT2D eigenvalue weighted by atomic mass is 16.5. The van der Waals surface area contributed by atoms with E-state index in [1.54, 1.807) is 37.6 Å². The topological polar surface area (TPSA) is 105 Å². The second kappa shape index (κ2) is 9.89. The summed E-state index contributed by atoms with van der Waals surface area (Å²) in [6, 6.07) is 18.1. The number of amides is 2. The number of hydrogen-bond acceptors (Lipinski definition) is 5. The van der Waals surface area contributed by atoms with Gasteiger partial charge >= 0.3 is 0 Å². The Bertz CT molecular complexity index is 1360. The van der Waals surface area contributed by atoms with Gasteiger partial charge in [0.05, 0.1) is 25.9 Å². The molecule has 0 saturated carbocycles. The fourth-order valence-electron chi connectivity index (χ4n) is 3.77. The number of anilines is 1. The molecule has 0 unspecified atom stereocenters. The lowest BCUT2D eigenvalue weighted by Gasteiger charge is -2.26. The minimum atomic E-state index is -0.318. The number of methoxy groups -OCH3 is 2. The molecule has 0 bridgehead atoms. The minimum Gasteiger partial charge on any atom is -0.493 e. The molecule has 0 radical (unpaired) electrons. The van der Waals surface area contributed by atoms with Gasteiger partial charge in [-0.3, -0.25) is 14.7 Å². The molecule has 8 heteroatoms. The van der Waals surface area contributed by atoms with Gasteiger partial charge in [0.25, 0.3) is 11.8 Å². The van der Waals surface area contributed by atoms with E-state index in [1.165, 1.54) is 7.11 Å². The maximum absolute atomic E-state index is 12.7. The maximum atomic E-state index is 12.7. The summed E-state index contributed by atoms with van der Waals surface area (Å²) in [7, 11) is 3.08. The lowest BCUT2D eigenvalue weighted by atomic mass is 9.84. The van der Waals surface area contributed by atoms with Crippen molar-refractivity contribution < 1.29 is 19.1 Å². The quantitative estimate of drug-likeness (QED) is 0.349. The Morgan fingerprint density at radius 2 is 1.57 bits per heavy atom. The average Bonchev–Trinajstić information content (AvgIpc) is 3.35. The van der Waals surface area contributed by atoms with Gasteiger partial charge in [0.2, 0.25) is 0 Å². The number of nitrogens with zero attached hydrogens (tertiary/aromatic N) is 1. The van der Waals surface area contributed by atoms with Gasteiger partial charge in [0.1, 0.15) is 0 Å². The summed E-state index contributed by atoms with van der Waals surface area (Å²) in [5, 5.41) is 13.7. The first-order chi connectivity index (χ1) is 16.8. The second-order valence-electron chi connectivity index (χ2n) is 8.84. The summed E-state index contributed by atoms with van der Waals surface area (Å²) in [5.74, 6) is 0.661. The van der Waals surface area contributed by atoms with Gasteiger partial charge in [-0.15, -0.1) is 0 Å². The van der Waals surface area contributed by atoms with Crippen LogP contribution in [0.4, 0.5) is 5.69 Å². The molecule has 2 amide bonds. The number of benzene rings is 3. The molecule has 3 aromatic carbocycles. The van der Waals surface area contributed by atoms with E-state index in [9.17, 15) is 9.59 Å². The van der Waals surface area contributed by atoms with E-state index in [4.69, 9.17) is 9.47 Å². The first-order valence-corrected chi connectivity index (χ1v) is 11.2. The third-order valence-electron chi connectivity index (χ3n) is 5.96. The fourth-order valence-corrected chi connectivity index (χ4v) is 3.77. The second-order valence-corrected chi connectivity index (χ2v) is 8.84. The largest absolute Gasteiger partial charge is 0.493 e. The van der Waals surface area contributed by atoms with Crippen LogP contribution in [0.25, 0.3) is 10.9 Å². The lowest BCUT2D eigenvalue weighted by molar-refractivity contribution is 0.0945. The molecule has 1 heterocycles. The van der Waals surface area contributed by atoms with Crippen molar-refractivity contribution in [1.82, 2.24) is 15.5 Å². The van der Waals surface area contributed by atoms with Crippen LogP contribution in [0.15, 0.2) is 66.9 Å². The molecule has 4 rings (SSSR count). The average molecular weight is 473 g/mol. The number of H-pyrrole nitrogens is 1. The van der Waals surface area contributed by atoms with Crippen molar-refractivity contribution in [2.24, 2.45) is 0 Å². The molecule has 0 aliphatic carbocycles. The van der Waals surface area contributed by atoms with E-state index in [0.29, 0.717) is 34.9 Å². The van der Waals surface area contributed by atoms with Crippen molar-refractivity contribution >= 4 is 28.4 Å². The van der Waals surface area contributed by atoms with Gasteiger partial charge in [-0.05, 0) is 54.1 Å². The van der Waals surface area contributed by atoms with E-state index >= 15 is 0 Å². The molecule has 0 spiro atoms. The van der Waals surface area contributed by atoms with E-state index < -0.39 is 0 Å². The standard InChI is InChI=1S/C27H28N4O4/c1-27(2,16-28-25(32)17-5-11-22-19(13-17)15-29-31-22)20-7-9-21(10-8-20)30-26(33)18-6-12-23(34-3)24(14-18)35-4/h5-15H,16H2,1-4H3,(H,28,32)(H,29,31)(H,30,33). The van der Waals surface area contributed by atoms with Crippen molar-refractivity contribution in [1.29, 1.82) is 0 Å². The van der Waals surface area contributed by atoms with Crippen LogP contribution in [0.3, 0.4) is 0 Å². The molecule has 8 nitrogen and oxygen atoms in total. The maximum Gasteiger partial charge on any atom is 0.255 e. The van der Waals surface area contributed by atoms with Crippen LogP contribution in [0.1, 0.15) is 40.1 Å². The Balaban J connectivity index is 1.38. The predicted octanol–water partition coefficient (Wildman–Crippen LogP) is 4.54. The molecule has 0 aliphatic rings. The zero-order valence-corrected chi connectivity index (χ0v) is 20.1. The van der Waals surface area contributed by atoms with Crippen LogP contribution in [0.2, 0.25) is 0 Å². The molecular weight excluding hydrogens is 444 g/mol. The number of rotatable bonds is 8. The summed E-state index contributed by atoms with van der Waals surface area (Å²) in [4.78, 5) is 25.4. The Hall–Kier alpha value is -4.33. The molecular formula is C27H28N4O4. The Morgan fingerprint density at radius 1 is 0.886 bits per heavy atom. The molecule has 0 saturated heterocycles. The van der Waals surface area contributed by atoms with Crippen molar-refractivity contribution in [2.75, 3.05) is 26.1 Å². The van der Waals surface area contributed by atoms with E-state index in [0.717, 1.165) is 16.5 Å². The zero-order valence-electron chi connectivity index (χ0n) is 20.1. The van der Waals surface area contributed by atoms with Crippen molar-refractivity contribution in [3.8, 4) is 11.5 Å². The number of fused-ring (bicyclic) bond motifs is 1. The highest BCUT2D eigenvalue weighted by Crippen LogP contribution is 2.28. The molecule has 1 aromatic heterocycles. The Kier molecular flexibility index (Phi) is 6.73. The molecule has 3 N–H and O–H groups in total. The Labute approximate surface area is 203 Å². The van der Waals surface area contributed by atoms with Crippen LogP contribution >= 0.6 is 0 Å². The summed E-state index contributed by atoms with van der Waals surface area (Å²) in [6.45, 7) is 4.57. The number of aromatic nitrogens is 2. The van der Waals surface area contributed by atoms with Crippen LogP contribution in [0, 0.1) is 0 Å². The van der Waals surface area contributed by atoms with Gasteiger partial charge in [-0.2, -0.15) is 5.10 Å². The van der Waals surface area contributed by atoms with E-state index in [1.807, 2.05) is 36.4 Å². The number of hydrogen-bond donors (Lipinski definition) is 3. The summed E-state index contributed by atoms with van der Waals surface area (Å²) < 4.78 is 10.5. The normalized spacial score (nSPS) is 11.2. The smallest absolute Gasteiger partial charge is 0.255 e. The predicted molar refractivity (Wildman–Crippen MR) is 135 cm³/mol. The monoisotopic (exact) mass is 472 g/mol. The molecule has 0 aliphatic heterocycles. The van der Waals surface area contributed by atoms with E-state index in [2.05, 4.69) is 34.7 Å². The van der Waals surface area contributed by atoms with Crippen LogP contribution in [-0.2, 0) is 5.41 Å². The third kappa shape index (κ3) is 5.27. The van der Waals surface area contributed by atoms with Crippen molar-refractivity contribution in [3.05, 3.63) is 83.6 Å². The minimum absolute atomic E-state index is 0.139. The highest BCUT2D eigenvalue weighted by Gasteiger charge is 2.22. The molecule has 0 fully saturated rings. The molecule has 0 atom stereocenters. The lowest BCUT2D eigenvalue weighted by Crippen LogP contribution is -2.36. The zero-order chi connectivity index (χ0) is 25.0. The van der Waals surface area contributed by atoms with E-state index in [-0.39, 0.29) is 17.2 Å². The van der Waals surface area contributed by atoms with Crippen LogP contribution in [-0.4, -0.2) is 42.8 Å². The Morgan fingerprint density at radius 3 is 2.29 bits per heavy atom. The SMILES string of the molecule is COc1ccc(C(=O)Nc2ccc(C(C)(C)CNC(=O)c3ccc4[nH]ncc4c3)cc2)cc1OC. The number of ether oxygens (including phenoxy) is 2. The number of carbonyl (C=O) groups excluding carboxylic acids is 2. The van der Waals surface area contributed by atoms with Crippen LogP contribution in [0.5, 0.6) is 11.5 Å². The van der Waals surface area contributed by atoms with Gasteiger partial charge in [-0.1, -0.05) is 26.0 Å². The molecule has 35 heavy (non-hydrogen) atoms. The third-order valence-corrected chi connectivity index (χ3v) is 5.96. The summed E-state index contributed by atoms with van der Waals surface area (Å²) in [6.07, 6.45) is 1.70. The number of carbonyl (C=O) groups is 2. The van der Waals surface area contributed by atoms with Crippen molar-refractivity contribution in [3.63, 3.8) is 0 Å². The summed E-state index contributed by atoms with van der Waals surface area (Å²) in [5.41, 5.74) is 3.32. The molecule has 4 aromatic rings. The number of nitrogens with one attached hydrogen (secondary N) is 3. The van der Waals surface area contributed by atoms with Crippen molar-refractivity contribution in [2.45, 2.75) is 19.3 Å².